The molecule has 1 aromatic rings. The molecule has 2 aliphatic rings. The fourth-order valence-electron chi connectivity index (χ4n) is 3.88. The molecule has 0 spiro atoms. The molecule has 2 saturated heterocycles. The number of hydrogen-bond donors (Lipinski definition) is 0. The van der Waals surface area contributed by atoms with E-state index >= 15 is 0 Å². The van der Waals surface area contributed by atoms with Crippen LogP contribution in [0.1, 0.15) is 20.3 Å². The number of para-hydroxylation sites is 1. The van der Waals surface area contributed by atoms with Crippen LogP contribution >= 0.6 is 0 Å². The molecule has 1 aromatic carbocycles. The van der Waals surface area contributed by atoms with Crippen molar-refractivity contribution >= 4 is 17.5 Å². The lowest BCUT2D eigenvalue weighted by molar-refractivity contribution is -0.136. The second-order valence-electron chi connectivity index (χ2n) is 7.22. The number of carbonyl (C=O) groups is 2. The Labute approximate surface area is 156 Å². The van der Waals surface area contributed by atoms with Gasteiger partial charge in [-0.3, -0.25) is 14.5 Å². The van der Waals surface area contributed by atoms with Crippen molar-refractivity contribution in [2.75, 3.05) is 57.3 Å². The molecular weight excluding hydrogens is 328 g/mol. The minimum atomic E-state index is -0.120. The van der Waals surface area contributed by atoms with Crippen LogP contribution in [0.3, 0.4) is 0 Å². The number of carbonyl (C=O) groups excluding carboxylic acids is 2. The normalized spacial score (nSPS) is 20.6. The van der Waals surface area contributed by atoms with Crippen LogP contribution in [0.4, 0.5) is 5.69 Å². The average molecular weight is 358 g/mol. The summed E-state index contributed by atoms with van der Waals surface area (Å²) in [7, 11) is 0. The first kappa shape index (κ1) is 18.7. The molecule has 26 heavy (non-hydrogen) atoms. The highest BCUT2D eigenvalue weighted by Gasteiger charge is 2.29. The van der Waals surface area contributed by atoms with Crippen molar-refractivity contribution in [1.29, 1.82) is 0 Å². The third-order valence-electron chi connectivity index (χ3n) is 5.59. The molecule has 6 nitrogen and oxygen atoms in total. The SMILES string of the molecule is CC(=O)N1CCCN(C(C)C(=O)N2CCN(c3ccccc3)CC2)CC1. The van der Waals surface area contributed by atoms with Crippen molar-refractivity contribution in [3.63, 3.8) is 0 Å². The molecule has 2 amide bonds. The summed E-state index contributed by atoms with van der Waals surface area (Å²) in [5, 5.41) is 0. The standard InChI is InChI=1S/C20H30N4O2/c1-17(21-9-6-10-22(12-11-21)18(2)25)20(26)24-15-13-23(14-16-24)19-7-4-3-5-8-19/h3-5,7-8,17H,6,9-16H2,1-2H3. The first-order valence-corrected chi connectivity index (χ1v) is 9.64. The Bertz CT molecular complexity index is 613. The monoisotopic (exact) mass is 358 g/mol. The summed E-state index contributed by atoms with van der Waals surface area (Å²) in [4.78, 5) is 33.0. The van der Waals surface area contributed by atoms with E-state index in [1.165, 1.54) is 5.69 Å². The number of rotatable bonds is 3. The maximum atomic E-state index is 13.0. The molecule has 2 fully saturated rings. The first-order chi connectivity index (χ1) is 12.6. The highest BCUT2D eigenvalue weighted by Crippen LogP contribution is 2.17. The lowest BCUT2D eigenvalue weighted by Gasteiger charge is -2.39. The Morgan fingerprint density at radius 3 is 2.15 bits per heavy atom. The van der Waals surface area contributed by atoms with E-state index < -0.39 is 0 Å². The molecule has 2 heterocycles. The van der Waals surface area contributed by atoms with Gasteiger partial charge in [-0.1, -0.05) is 18.2 Å². The molecule has 0 bridgehead atoms. The van der Waals surface area contributed by atoms with E-state index in [0.717, 1.165) is 58.8 Å². The van der Waals surface area contributed by atoms with E-state index in [2.05, 4.69) is 34.1 Å². The second kappa shape index (κ2) is 8.54. The van der Waals surface area contributed by atoms with Crippen molar-refractivity contribution in [1.82, 2.24) is 14.7 Å². The smallest absolute Gasteiger partial charge is 0.239 e. The molecule has 0 radical (unpaired) electrons. The Morgan fingerprint density at radius 1 is 0.846 bits per heavy atom. The van der Waals surface area contributed by atoms with Gasteiger partial charge in [0, 0.05) is 65.0 Å². The van der Waals surface area contributed by atoms with Crippen molar-refractivity contribution in [2.24, 2.45) is 0 Å². The van der Waals surface area contributed by atoms with Crippen molar-refractivity contribution in [3.05, 3.63) is 30.3 Å². The third-order valence-corrected chi connectivity index (χ3v) is 5.59. The van der Waals surface area contributed by atoms with Gasteiger partial charge in [0.15, 0.2) is 0 Å². The van der Waals surface area contributed by atoms with Gasteiger partial charge in [-0.25, -0.2) is 0 Å². The maximum Gasteiger partial charge on any atom is 0.239 e. The Kier molecular flexibility index (Phi) is 6.14. The quantitative estimate of drug-likeness (QED) is 0.817. The first-order valence-electron chi connectivity index (χ1n) is 9.64. The zero-order valence-electron chi connectivity index (χ0n) is 15.9. The van der Waals surface area contributed by atoms with Crippen LogP contribution in [0.2, 0.25) is 0 Å². The van der Waals surface area contributed by atoms with Gasteiger partial charge in [-0.2, -0.15) is 0 Å². The maximum absolute atomic E-state index is 13.0. The number of amides is 2. The largest absolute Gasteiger partial charge is 0.368 e. The summed E-state index contributed by atoms with van der Waals surface area (Å²) in [5.41, 5.74) is 1.23. The molecule has 2 aliphatic heterocycles. The molecular formula is C20H30N4O2. The predicted molar refractivity (Wildman–Crippen MR) is 103 cm³/mol. The highest BCUT2D eigenvalue weighted by molar-refractivity contribution is 5.82. The highest BCUT2D eigenvalue weighted by atomic mass is 16.2. The Hall–Kier alpha value is -2.08. The fourth-order valence-corrected chi connectivity index (χ4v) is 3.88. The topological polar surface area (TPSA) is 47.1 Å². The summed E-state index contributed by atoms with van der Waals surface area (Å²) in [6.45, 7) is 10.1. The molecule has 3 rings (SSSR count). The van der Waals surface area contributed by atoms with Crippen LogP contribution in [0, 0.1) is 0 Å². The van der Waals surface area contributed by atoms with E-state index in [1.54, 1.807) is 6.92 Å². The lowest BCUT2D eigenvalue weighted by Crippen LogP contribution is -2.54. The molecule has 6 heteroatoms. The minimum Gasteiger partial charge on any atom is -0.368 e. The van der Waals surface area contributed by atoms with E-state index in [0.29, 0.717) is 0 Å². The van der Waals surface area contributed by atoms with E-state index in [1.807, 2.05) is 22.8 Å². The summed E-state index contributed by atoms with van der Waals surface area (Å²) in [6, 6.07) is 10.3. The summed E-state index contributed by atoms with van der Waals surface area (Å²) < 4.78 is 0. The predicted octanol–water partition coefficient (Wildman–Crippen LogP) is 1.28. The van der Waals surface area contributed by atoms with Crippen LogP contribution in [-0.4, -0.2) is 84.9 Å². The van der Waals surface area contributed by atoms with Crippen molar-refractivity contribution < 1.29 is 9.59 Å². The Morgan fingerprint density at radius 2 is 1.50 bits per heavy atom. The molecule has 0 aromatic heterocycles. The average Bonchev–Trinajstić information content (AvgIpc) is 2.94. The molecule has 0 N–H and O–H groups in total. The zero-order valence-corrected chi connectivity index (χ0v) is 15.9. The van der Waals surface area contributed by atoms with Gasteiger partial charge < -0.3 is 14.7 Å². The summed E-state index contributed by atoms with van der Waals surface area (Å²) >= 11 is 0. The minimum absolute atomic E-state index is 0.120. The molecule has 1 unspecified atom stereocenters. The van der Waals surface area contributed by atoms with Gasteiger partial charge in [-0.05, 0) is 25.5 Å². The summed E-state index contributed by atoms with van der Waals surface area (Å²) in [6.07, 6.45) is 0.930. The second-order valence-corrected chi connectivity index (χ2v) is 7.22. The van der Waals surface area contributed by atoms with Gasteiger partial charge in [-0.15, -0.1) is 0 Å². The van der Waals surface area contributed by atoms with Crippen molar-refractivity contribution in [3.8, 4) is 0 Å². The van der Waals surface area contributed by atoms with E-state index in [9.17, 15) is 9.59 Å². The van der Waals surface area contributed by atoms with Gasteiger partial charge in [0.05, 0.1) is 6.04 Å². The van der Waals surface area contributed by atoms with Crippen molar-refractivity contribution in [2.45, 2.75) is 26.3 Å². The summed E-state index contributed by atoms with van der Waals surface area (Å²) in [5.74, 6) is 0.344. The third kappa shape index (κ3) is 4.36. The molecule has 0 saturated carbocycles. The van der Waals surface area contributed by atoms with Gasteiger partial charge in [0.25, 0.3) is 0 Å². The number of nitrogens with zero attached hydrogens (tertiary/aromatic N) is 4. The van der Waals surface area contributed by atoms with Crippen LogP contribution in [-0.2, 0) is 9.59 Å². The van der Waals surface area contributed by atoms with Crippen LogP contribution in [0.5, 0.6) is 0 Å². The van der Waals surface area contributed by atoms with Crippen LogP contribution < -0.4 is 4.90 Å². The molecule has 142 valence electrons. The van der Waals surface area contributed by atoms with E-state index in [4.69, 9.17) is 0 Å². The molecule has 1 atom stereocenters. The fraction of sp³-hybridized carbons (Fsp3) is 0.600. The number of piperazine rings is 1. The van der Waals surface area contributed by atoms with E-state index in [-0.39, 0.29) is 17.9 Å². The lowest BCUT2D eigenvalue weighted by atomic mass is 10.2. The van der Waals surface area contributed by atoms with Crippen LogP contribution in [0.15, 0.2) is 30.3 Å². The van der Waals surface area contributed by atoms with Crippen LogP contribution in [0.25, 0.3) is 0 Å². The number of hydrogen-bond acceptors (Lipinski definition) is 4. The number of benzene rings is 1. The molecule has 0 aliphatic carbocycles. The van der Waals surface area contributed by atoms with Gasteiger partial charge in [0.2, 0.25) is 11.8 Å². The van der Waals surface area contributed by atoms with Gasteiger partial charge >= 0.3 is 0 Å². The van der Waals surface area contributed by atoms with Gasteiger partial charge in [0.1, 0.15) is 0 Å². The number of anilines is 1. The Balaban J connectivity index is 1.52. The zero-order chi connectivity index (χ0) is 18.5.